The number of rotatable bonds is 3. The molecule has 0 unspecified atom stereocenters. The van der Waals surface area contributed by atoms with Crippen LogP contribution in [0.2, 0.25) is 10.0 Å². The van der Waals surface area contributed by atoms with E-state index in [2.05, 4.69) is 9.71 Å². The van der Waals surface area contributed by atoms with Crippen molar-refractivity contribution in [1.82, 2.24) is 4.98 Å². The summed E-state index contributed by atoms with van der Waals surface area (Å²) in [6.07, 6.45) is 0. The molecule has 8 heteroatoms. The van der Waals surface area contributed by atoms with Gasteiger partial charge in [0.1, 0.15) is 5.52 Å². The second kappa shape index (κ2) is 5.46. The SMILES string of the molecule is Cc1nc2cccc(NS(=O)(=O)c3ccc(Cl)c(Cl)c3)c2o1. The molecule has 0 saturated heterocycles. The molecule has 0 aliphatic heterocycles. The van der Waals surface area contributed by atoms with Gasteiger partial charge in [-0.1, -0.05) is 29.3 Å². The summed E-state index contributed by atoms with van der Waals surface area (Å²) in [6, 6.07) is 9.12. The maximum absolute atomic E-state index is 12.4. The zero-order valence-corrected chi connectivity index (χ0v) is 13.6. The fraction of sp³-hybridized carbons (Fsp3) is 0.0714. The predicted octanol–water partition coefficient (Wildman–Crippen LogP) is 4.24. The molecule has 0 radical (unpaired) electrons. The van der Waals surface area contributed by atoms with E-state index in [0.717, 1.165) is 0 Å². The Balaban J connectivity index is 2.04. The van der Waals surface area contributed by atoms with Crippen molar-refractivity contribution in [2.45, 2.75) is 11.8 Å². The minimum atomic E-state index is -3.82. The van der Waals surface area contributed by atoms with Crippen molar-refractivity contribution in [2.24, 2.45) is 0 Å². The molecule has 0 atom stereocenters. The average Bonchev–Trinajstić information content (AvgIpc) is 2.83. The van der Waals surface area contributed by atoms with Crippen LogP contribution in [-0.4, -0.2) is 13.4 Å². The Morgan fingerprint density at radius 2 is 1.91 bits per heavy atom. The van der Waals surface area contributed by atoms with Crippen molar-refractivity contribution < 1.29 is 12.8 Å². The van der Waals surface area contributed by atoms with E-state index < -0.39 is 10.0 Å². The average molecular weight is 357 g/mol. The summed E-state index contributed by atoms with van der Waals surface area (Å²) in [6.45, 7) is 1.69. The number of benzene rings is 2. The number of hydrogen-bond acceptors (Lipinski definition) is 4. The lowest BCUT2D eigenvalue weighted by molar-refractivity contribution is 0.561. The normalized spacial score (nSPS) is 11.8. The highest BCUT2D eigenvalue weighted by Gasteiger charge is 2.18. The molecule has 2 aromatic carbocycles. The number of fused-ring (bicyclic) bond motifs is 1. The lowest BCUT2D eigenvalue weighted by Crippen LogP contribution is -2.13. The molecule has 3 aromatic rings. The van der Waals surface area contributed by atoms with Gasteiger partial charge in [-0.2, -0.15) is 0 Å². The second-order valence-electron chi connectivity index (χ2n) is 4.57. The van der Waals surface area contributed by atoms with Gasteiger partial charge in [-0.05, 0) is 30.3 Å². The molecule has 0 aliphatic rings. The van der Waals surface area contributed by atoms with Gasteiger partial charge in [0.15, 0.2) is 11.5 Å². The first kappa shape index (κ1) is 15.1. The summed E-state index contributed by atoms with van der Waals surface area (Å²) in [5.41, 5.74) is 1.26. The maximum Gasteiger partial charge on any atom is 0.262 e. The first-order chi connectivity index (χ1) is 10.4. The summed E-state index contributed by atoms with van der Waals surface area (Å²) in [4.78, 5) is 4.17. The summed E-state index contributed by atoms with van der Waals surface area (Å²) in [5, 5.41) is 0.451. The van der Waals surface area contributed by atoms with E-state index in [1.807, 2.05) is 0 Å². The smallest absolute Gasteiger partial charge is 0.262 e. The predicted molar refractivity (Wildman–Crippen MR) is 86.0 cm³/mol. The van der Waals surface area contributed by atoms with Crippen molar-refractivity contribution in [3.63, 3.8) is 0 Å². The number of halogens is 2. The van der Waals surface area contributed by atoms with Crippen LogP contribution >= 0.6 is 23.2 Å². The van der Waals surface area contributed by atoms with Gasteiger partial charge in [0, 0.05) is 6.92 Å². The lowest BCUT2D eigenvalue weighted by Gasteiger charge is -2.09. The van der Waals surface area contributed by atoms with Gasteiger partial charge < -0.3 is 4.42 Å². The Hall–Kier alpha value is -1.76. The lowest BCUT2D eigenvalue weighted by atomic mass is 10.3. The van der Waals surface area contributed by atoms with Crippen LogP contribution in [0.4, 0.5) is 5.69 Å². The molecular weight excluding hydrogens is 347 g/mol. The van der Waals surface area contributed by atoms with Gasteiger partial charge >= 0.3 is 0 Å². The van der Waals surface area contributed by atoms with Gasteiger partial charge in [-0.25, -0.2) is 13.4 Å². The Labute approximate surface area is 136 Å². The largest absolute Gasteiger partial charge is 0.439 e. The molecule has 1 aromatic heterocycles. The summed E-state index contributed by atoms with van der Waals surface area (Å²) >= 11 is 11.7. The molecule has 0 aliphatic carbocycles. The van der Waals surface area contributed by atoms with Gasteiger partial charge in [0.25, 0.3) is 10.0 Å². The molecule has 0 saturated carbocycles. The monoisotopic (exact) mass is 356 g/mol. The molecule has 0 fully saturated rings. The number of aryl methyl sites for hydroxylation is 1. The molecule has 114 valence electrons. The standard InChI is InChI=1S/C14H10Cl2N2O3S/c1-8-17-12-3-2-4-13(14(12)21-8)18-22(19,20)9-5-6-10(15)11(16)7-9/h2-7,18H,1H3. The minimum absolute atomic E-state index is 0.00939. The van der Waals surface area contributed by atoms with Gasteiger partial charge in [0.05, 0.1) is 20.6 Å². The van der Waals surface area contributed by atoms with Crippen molar-refractivity contribution >= 4 is 50.0 Å². The van der Waals surface area contributed by atoms with Crippen molar-refractivity contribution in [1.29, 1.82) is 0 Å². The van der Waals surface area contributed by atoms with Crippen LogP contribution in [0.5, 0.6) is 0 Å². The van der Waals surface area contributed by atoms with Crippen LogP contribution in [0.1, 0.15) is 5.89 Å². The van der Waals surface area contributed by atoms with E-state index in [1.165, 1.54) is 18.2 Å². The van der Waals surface area contributed by atoms with Crippen LogP contribution in [0.25, 0.3) is 11.1 Å². The van der Waals surface area contributed by atoms with Crippen molar-refractivity contribution in [3.8, 4) is 0 Å². The molecule has 1 heterocycles. The Kier molecular flexibility index (Phi) is 3.76. The summed E-state index contributed by atoms with van der Waals surface area (Å²) < 4.78 is 32.8. The Morgan fingerprint density at radius 3 is 2.64 bits per heavy atom. The van der Waals surface area contributed by atoms with E-state index >= 15 is 0 Å². The first-order valence-electron chi connectivity index (χ1n) is 6.21. The molecule has 0 amide bonds. The number of oxazole rings is 1. The van der Waals surface area contributed by atoms with E-state index in [0.29, 0.717) is 22.7 Å². The van der Waals surface area contributed by atoms with Crippen LogP contribution in [0.3, 0.4) is 0 Å². The molecular formula is C14H10Cl2N2O3S. The van der Waals surface area contributed by atoms with E-state index in [-0.39, 0.29) is 14.9 Å². The van der Waals surface area contributed by atoms with Crippen LogP contribution in [0, 0.1) is 6.92 Å². The molecule has 1 N–H and O–H groups in total. The topological polar surface area (TPSA) is 72.2 Å². The first-order valence-corrected chi connectivity index (χ1v) is 8.45. The van der Waals surface area contributed by atoms with Crippen molar-refractivity contribution in [2.75, 3.05) is 4.72 Å². The Bertz CT molecular complexity index is 967. The number of para-hydroxylation sites is 1. The van der Waals surface area contributed by atoms with Crippen LogP contribution in [0.15, 0.2) is 45.7 Å². The highest BCUT2D eigenvalue weighted by molar-refractivity contribution is 7.92. The van der Waals surface area contributed by atoms with Gasteiger partial charge in [0.2, 0.25) is 0 Å². The summed E-state index contributed by atoms with van der Waals surface area (Å²) in [5.74, 6) is 0.455. The number of aromatic nitrogens is 1. The molecule has 22 heavy (non-hydrogen) atoms. The third-order valence-electron chi connectivity index (χ3n) is 2.97. The van der Waals surface area contributed by atoms with Crippen LogP contribution < -0.4 is 4.72 Å². The summed E-state index contributed by atoms with van der Waals surface area (Å²) in [7, 11) is -3.82. The molecule has 0 spiro atoms. The second-order valence-corrected chi connectivity index (χ2v) is 7.06. The van der Waals surface area contributed by atoms with E-state index in [9.17, 15) is 8.42 Å². The number of hydrogen-bond donors (Lipinski definition) is 1. The number of sulfonamides is 1. The number of nitrogens with one attached hydrogen (secondary N) is 1. The molecule has 0 bridgehead atoms. The van der Waals surface area contributed by atoms with E-state index in [4.69, 9.17) is 27.6 Å². The maximum atomic E-state index is 12.4. The minimum Gasteiger partial charge on any atom is -0.439 e. The zero-order chi connectivity index (χ0) is 15.9. The van der Waals surface area contributed by atoms with Gasteiger partial charge in [-0.15, -0.1) is 0 Å². The number of anilines is 1. The van der Waals surface area contributed by atoms with Gasteiger partial charge in [-0.3, -0.25) is 4.72 Å². The quantitative estimate of drug-likeness (QED) is 0.761. The number of nitrogens with zero attached hydrogens (tertiary/aromatic N) is 1. The molecule has 3 rings (SSSR count). The fourth-order valence-electron chi connectivity index (χ4n) is 1.99. The fourth-order valence-corrected chi connectivity index (χ4v) is 3.44. The third-order valence-corrected chi connectivity index (χ3v) is 5.07. The zero-order valence-electron chi connectivity index (χ0n) is 11.3. The molecule has 5 nitrogen and oxygen atoms in total. The Morgan fingerprint density at radius 1 is 1.14 bits per heavy atom. The highest BCUT2D eigenvalue weighted by atomic mass is 35.5. The van der Waals surface area contributed by atoms with Crippen molar-refractivity contribution in [3.05, 3.63) is 52.3 Å². The van der Waals surface area contributed by atoms with Crippen LogP contribution in [-0.2, 0) is 10.0 Å². The van der Waals surface area contributed by atoms with E-state index in [1.54, 1.807) is 25.1 Å². The third kappa shape index (κ3) is 2.77. The highest BCUT2D eigenvalue weighted by Crippen LogP contribution is 2.29.